The average molecular weight is 446 g/mol. The summed E-state index contributed by atoms with van der Waals surface area (Å²) in [5.41, 5.74) is 0. The van der Waals surface area contributed by atoms with Crippen molar-refractivity contribution < 1.29 is 38.5 Å². The predicted molar refractivity (Wildman–Crippen MR) is 114 cm³/mol. The molecule has 0 heterocycles. The highest BCUT2D eigenvalue weighted by Gasteiger charge is 2.41. The first-order valence-electron chi connectivity index (χ1n) is 11.1. The van der Waals surface area contributed by atoms with E-state index in [4.69, 9.17) is 14.2 Å². The number of carbonyl (C=O) groups is 4. The molecule has 0 aliphatic carbocycles. The number of nitrogens with one attached hydrogen (secondary N) is 1. The van der Waals surface area contributed by atoms with E-state index in [1.807, 2.05) is 20.8 Å². The second kappa shape index (κ2) is 15.6. The predicted octanol–water partition coefficient (Wildman–Crippen LogP) is 2.28. The molecule has 0 aromatic heterocycles. The van der Waals surface area contributed by atoms with Gasteiger partial charge >= 0.3 is 17.9 Å². The first kappa shape index (κ1) is 28.8. The fourth-order valence-corrected chi connectivity index (χ4v) is 2.99. The number of esters is 3. The summed E-state index contributed by atoms with van der Waals surface area (Å²) in [5, 5.41) is 12.9. The summed E-state index contributed by atoms with van der Waals surface area (Å²) < 4.78 is 16.5. The minimum Gasteiger partial charge on any atom is -0.465 e. The molecule has 0 aromatic rings. The molecule has 9 heteroatoms. The zero-order valence-electron chi connectivity index (χ0n) is 19.6. The third kappa shape index (κ3) is 11.7. The van der Waals surface area contributed by atoms with E-state index in [9.17, 15) is 24.3 Å². The summed E-state index contributed by atoms with van der Waals surface area (Å²) in [6.07, 6.45) is -1.06. The number of ether oxygens (including phenoxy) is 3. The molecule has 1 amide bonds. The van der Waals surface area contributed by atoms with Crippen LogP contribution in [0, 0.1) is 5.92 Å². The molecular weight excluding hydrogens is 406 g/mol. The van der Waals surface area contributed by atoms with Gasteiger partial charge in [0.25, 0.3) is 0 Å². The minimum atomic E-state index is -1.16. The Hall–Kier alpha value is -2.16. The Labute approximate surface area is 185 Å². The lowest BCUT2D eigenvalue weighted by Crippen LogP contribution is -2.58. The van der Waals surface area contributed by atoms with Crippen molar-refractivity contribution in [2.75, 3.05) is 6.61 Å². The van der Waals surface area contributed by atoms with E-state index in [2.05, 4.69) is 5.32 Å². The summed E-state index contributed by atoms with van der Waals surface area (Å²) in [4.78, 5) is 48.2. The van der Waals surface area contributed by atoms with E-state index >= 15 is 0 Å². The molecule has 0 aliphatic rings. The maximum Gasteiger partial charge on any atom is 0.306 e. The standard InChI is InChI=1S/C22H39NO8/c1-7-10-17(26)29-13-14(4)21(30-18(27)11-8-2)22(31-19(28)12-9-3)20(15(5)24)23-16(6)25/h14-15,20-22,24H,7-13H2,1-6H3,(H,23,25). The lowest BCUT2D eigenvalue weighted by atomic mass is 9.92. The molecule has 0 aromatic carbocycles. The zero-order chi connectivity index (χ0) is 24.0. The van der Waals surface area contributed by atoms with Crippen molar-refractivity contribution in [3.8, 4) is 0 Å². The normalized spacial score (nSPS) is 15.7. The van der Waals surface area contributed by atoms with Crippen LogP contribution < -0.4 is 5.32 Å². The van der Waals surface area contributed by atoms with Gasteiger partial charge in [0.05, 0.1) is 18.8 Å². The maximum atomic E-state index is 12.3. The van der Waals surface area contributed by atoms with Gasteiger partial charge in [0, 0.05) is 32.1 Å². The Bertz CT molecular complexity index is 578. The summed E-state index contributed by atoms with van der Waals surface area (Å²) in [6, 6.07) is -1.02. The van der Waals surface area contributed by atoms with Crippen LogP contribution in [-0.4, -0.2) is 59.9 Å². The monoisotopic (exact) mass is 445 g/mol. The van der Waals surface area contributed by atoms with Gasteiger partial charge in [0.2, 0.25) is 5.91 Å². The van der Waals surface area contributed by atoms with Gasteiger partial charge in [-0.1, -0.05) is 27.7 Å². The van der Waals surface area contributed by atoms with E-state index in [1.54, 1.807) is 6.92 Å². The molecular formula is C22H39NO8. The van der Waals surface area contributed by atoms with Gasteiger partial charge in [-0.2, -0.15) is 0 Å². The van der Waals surface area contributed by atoms with Crippen LogP contribution >= 0.6 is 0 Å². The number of aliphatic hydroxyl groups excluding tert-OH is 1. The number of hydrogen-bond acceptors (Lipinski definition) is 8. The SMILES string of the molecule is CCCC(=O)OCC(C)C(OC(=O)CCC)C(OC(=O)CCC)C(NC(C)=O)C(C)O. The molecule has 5 unspecified atom stereocenters. The molecule has 0 aliphatic heterocycles. The molecule has 0 fully saturated rings. The molecule has 180 valence electrons. The number of amides is 1. The second-order valence-corrected chi connectivity index (χ2v) is 7.79. The van der Waals surface area contributed by atoms with Gasteiger partial charge in [0.1, 0.15) is 6.10 Å². The Morgan fingerprint density at radius 3 is 1.68 bits per heavy atom. The van der Waals surface area contributed by atoms with E-state index in [0.717, 1.165) is 0 Å². The molecule has 0 bridgehead atoms. The topological polar surface area (TPSA) is 128 Å². The number of aliphatic hydroxyl groups is 1. The van der Waals surface area contributed by atoms with Crippen LogP contribution in [0.25, 0.3) is 0 Å². The molecule has 31 heavy (non-hydrogen) atoms. The second-order valence-electron chi connectivity index (χ2n) is 7.79. The molecule has 0 saturated heterocycles. The molecule has 9 nitrogen and oxygen atoms in total. The van der Waals surface area contributed by atoms with Crippen molar-refractivity contribution in [3.05, 3.63) is 0 Å². The smallest absolute Gasteiger partial charge is 0.306 e. The van der Waals surface area contributed by atoms with E-state index in [0.29, 0.717) is 19.3 Å². The zero-order valence-corrected chi connectivity index (χ0v) is 19.6. The maximum absolute atomic E-state index is 12.3. The van der Waals surface area contributed by atoms with Crippen molar-refractivity contribution in [2.45, 2.75) is 104 Å². The molecule has 0 radical (unpaired) electrons. The number of hydrogen-bond donors (Lipinski definition) is 2. The van der Waals surface area contributed by atoms with E-state index in [-0.39, 0.29) is 31.8 Å². The lowest BCUT2D eigenvalue weighted by Gasteiger charge is -2.37. The number of carbonyl (C=O) groups excluding carboxylic acids is 4. The van der Waals surface area contributed by atoms with Crippen LogP contribution in [0.3, 0.4) is 0 Å². The molecule has 0 spiro atoms. The van der Waals surface area contributed by atoms with E-state index < -0.39 is 48.1 Å². The Kier molecular flexibility index (Phi) is 14.5. The molecule has 0 rings (SSSR count). The average Bonchev–Trinajstić information content (AvgIpc) is 2.67. The van der Waals surface area contributed by atoms with Crippen LogP contribution in [0.15, 0.2) is 0 Å². The largest absolute Gasteiger partial charge is 0.465 e. The highest BCUT2D eigenvalue weighted by atomic mass is 16.6. The number of rotatable bonds is 15. The third-order valence-corrected chi connectivity index (χ3v) is 4.53. The minimum absolute atomic E-state index is 0.0721. The summed E-state index contributed by atoms with van der Waals surface area (Å²) in [5.74, 6) is -2.45. The van der Waals surface area contributed by atoms with Gasteiger partial charge in [-0.15, -0.1) is 0 Å². The quantitative estimate of drug-likeness (QED) is 0.290. The van der Waals surface area contributed by atoms with Crippen molar-refractivity contribution in [1.29, 1.82) is 0 Å². The van der Waals surface area contributed by atoms with Gasteiger partial charge in [-0.3, -0.25) is 19.2 Å². The van der Waals surface area contributed by atoms with Crippen LogP contribution in [0.1, 0.15) is 80.1 Å². The molecule has 5 atom stereocenters. The van der Waals surface area contributed by atoms with Crippen LogP contribution in [-0.2, 0) is 33.4 Å². The van der Waals surface area contributed by atoms with Crippen molar-refractivity contribution >= 4 is 23.8 Å². The Balaban J connectivity index is 5.93. The van der Waals surface area contributed by atoms with Crippen molar-refractivity contribution in [2.24, 2.45) is 5.92 Å². The highest BCUT2D eigenvalue weighted by molar-refractivity contribution is 5.74. The summed E-state index contributed by atoms with van der Waals surface area (Å²) in [7, 11) is 0. The van der Waals surface area contributed by atoms with Gasteiger partial charge in [-0.25, -0.2) is 0 Å². The van der Waals surface area contributed by atoms with Crippen molar-refractivity contribution in [3.63, 3.8) is 0 Å². The third-order valence-electron chi connectivity index (χ3n) is 4.53. The first-order valence-corrected chi connectivity index (χ1v) is 11.1. The van der Waals surface area contributed by atoms with Gasteiger partial charge in [0.15, 0.2) is 6.10 Å². The van der Waals surface area contributed by atoms with E-state index in [1.165, 1.54) is 13.8 Å². The summed E-state index contributed by atoms with van der Waals surface area (Å²) in [6.45, 7) is 9.82. The van der Waals surface area contributed by atoms with Crippen molar-refractivity contribution in [1.82, 2.24) is 5.32 Å². The first-order chi connectivity index (χ1) is 14.6. The molecule has 2 N–H and O–H groups in total. The lowest BCUT2D eigenvalue weighted by molar-refractivity contribution is -0.181. The fraction of sp³-hybridized carbons (Fsp3) is 0.818. The van der Waals surface area contributed by atoms with Crippen LogP contribution in [0.5, 0.6) is 0 Å². The molecule has 0 saturated carbocycles. The van der Waals surface area contributed by atoms with Crippen LogP contribution in [0.4, 0.5) is 0 Å². The summed E-state index contributed by atoms with van der Waals surface area (Å²) >= 11 is 0. The Morgan fingerprint density at radius 1 is 0.806 bits per heavy atom. The van der Waals surface area contributed by atoms with Gasteiger partial charge in [-0.05, 0) is 26.2 Å². The van der Waals surface area contributed by atoms with Crippen LogP contribution in [0.2, 0.25) is 0 Å². The fourth-order valence-electron chi connectivity index (χ4n) is 2.99. The highest BCUT2D eigenvalue weighted by Crippen LogP contribution is 2.22. The van der Waals surface area contributed by atoms with Gasteiger partial charge < -0.3 is 24.6 Å². The Morgan fingerprint density at radius 2 is 1.26 bits per heavy atom.